The molecule has 3 heterocycles. The number of carbonyl (C=O) groups excluding carboxylic acids is 2. The standard InChI is InChI=1S/C29H37BN6O3/c1-4-24-21(25(34-20-8-12-39-13-9-20)22-17-33-36(5-2)26(22)35-24)16-32-28(38)29(10-11-29)27(37)31-15-19-7-6-18(3)23(30)14-19/h6-7,14,17,20H,4-5,8-13,15-16H2,1-3H3,(H,31,37)(H,32,38)(H,34,35). The summed E-state index contributed by atoms with van der Waals surface area (Å²) in [7, 11) is 6.01. The summed E-state index contributed by atoms with van der Waals surface area (Å²) in [6.45, 7) is 8.85. The first kappa shape index (κ1) is 27.2. The van der Waals surface area contributed by atoms with Gasteiger partial charge in [-0.2, -0.15) is 5.10 Å². The summed E-state index contributed by atoms with van der Waals surface area (Å²) in [4.78, 5) is 31.5. The number of nitrogens with one attached hydrogen (secondary N) is 3. The number of hydrogen-bond donors (Lipinski definition) is 3. The van der Waals surface area contributed by atoms with Crippen molar-refractivity contribution in [2.24, 2.45) is 5.41 Å². The van der Waals surface area contributed by atoms with Crippen LogP contribution in [0.1, 0.15) is 61.9 Å². The van der Waals surface area contributed by atoms with Gasteiger partial charge in [-0.05, 0) is 51.5 Å². The lowest BCUT2D eigenvalue weighted by Gasteiger charge is -2.27. The molecule has 2 radical (unpaired) electrons. The van der Waals surface area contributed by atoms with Crippen LogP contribution in [0.3, 0.4) is 0 Å². The molecule has 9 nitrogen and oxygen atoms in total. The Morgan fingerprint density at radius 2 is 1.85 bits per heavy atom. The molecule has 10 heteroatoms. The molecule has 0 unspecified atom stereocenters. The molecule has 2 aromatic heterocycles. The lowest BCUT2D eigenvalue weighted by molar-refractivity contribution is -0.137. The van der Waals surface area contributed by atoms with E-state index in [0.29, 0.717) is 31.3 Å². The number of aryl methyl sites for hydroxylation is 3. The van der Waals surface area contributed by atoms with Crippen molar-refractivity contribution in [3.8, 4) is 0 Å². The Bertz CT molecular complexity index is 1380. The number of hydrogen-bond acceptors (Lipinski definition) is 6. The molecule has 1 saturated carbocycles. The molecule has 5 rings (SSSR count). The van der Waals surface area contributed by atoms with Crippen molar-refractivity contribution >= 4 is 41.8 Å². The maximum Gasteiger partial charge on any atom is 0.235 e. The van der Waals surface area contributed by atoms with E-state index < -0.39 is 5.41 Å². The Morgan fingerprint density at radius 1 is 1.13 bits per heavy atom. The number of amides is 2. The number of ether oxygens (including phenoxy) is 1. The molecule has 2 amide bonds. The average Bonchev–Trinajstić information content (AvgIpc) is 3.67. The summed E-state index contributed by atoms with van der Waals surface area (Å²) >= 11 is 0. The highest BCUT2D eigenvalue weighted by molar-refractivity contribution is 6.33. The molecule has 1 aliphatic carbocycles. The van der Waals surface area contributed by atoms with Crippen LogP contribution in [-0.4, -0.2) is 53.7 Å². The predicted molar refractivity (Wildman–Crippen MR) is 152 cm³/mol. The topological polar surface area (TPSA) is 110 Å². The summed E-state index contributed by atoms with van der Waals surface area (Å²) in [5.74, 6) is -0.486. The number of pyridine rings is 1. The van der Waals surface area contributed by atoms with Crippen molar-refractivity contribution in [3.05, 3.63) is 46.8 Å². The van der Waals surface area contributed by atoms with E-state index in [-0.39, 0.29) is 24.4 Å². The molecule has 204 valence electrons. The van der Waals surface area contributed by atoms with Crippen LogP contribution in [0, 0.1) is 12.3 Å². The SMILES string of the molecule is [B]c1cc(CNC(=O)C2(C(=O)NCc3c(CC)nc4c(cnn4CC)c3NC3CCOCC3)CC2)ccc1C. The molecule has 1 aliphatic heterocycles. The van der Waals surface area contributed by atoms with E-state index in [1.54, 1.807) is 0 Å². The maximum absolute atomic E-state index is 13.4. The number of nitrogens with zero attached hydrogens (tertiary/aromatic N) is 3. The summed E-state index contributed by atoms with van der Waals surface area (Å²) in [5.41, 5.74) is 5.24. The van der Waals surface area contributed by atoms with Gasteiger partial charge in [0.1, 0.15) is 13.3 Å². The fraction of sp³-hybridized carbons (Fsp3) is 0.517. The zero-order chi connectivity index (χ0) is 27.6. The number of benzene rings is 1. The van der Waals surface area contributed by atoms with Gasteiger partial charge in [0.15, 0.2) is 5.65 Å². The predicted octanol–water partition coefficient (Wildman–Crippen LogP) is 2.42. The van der Waals surface area contributed by atoms with Crippen molar-refractivity contribution in [2.45, 2.75) is 78.6 Å². The Labute approximate surface area is 230 Å². The van der Waals surface area contributed by atoms with Gasteiger partial charge in [0.25, 0.3) is 0 Å². The fourth-order valence-corrected chi connectivity index (χ4v) is 5.27. The van der Waals surface area contributed by atoms with E-state index in [1.165, 1.54) is 0 Å². The van der Waals surface area contributed by atoms with Gasteiger partial charge >= 0.3 is 0 Å². The van der Waals surface area contributed by atoms with Crippen molar-refractivity contribution in [1.82, 2.24) is 25.4 Å². The Morgan fingerprint density at radius 3 is 2.49 bits per heavy atom. The van der Waals surface area contributed by atoms with Crippen LogP contribution in [0.2, 0.25) is 0 Å². The summed E-state index contributed by atoms with van der Waals surface area (Å²) in [5, 5.41) is 15.3. The van der Waals surface area contributed by atoms with Gasteiger partial charge in [0.05, 0.1) is 17.3 Å². The molecule has 1 saturated heterocycles. The molecule has 2 aliphatic rings. The molecule has 39 heavy (non-hydrogen) atoms. The van der Waals surface area contributed by atoms with E-state index in [1.807, 2.05) is 42.9 Å². The minimum atomic E-state index is -1.03. The van der Waals surface area contributed by atoms with Crippen molar-refractivity contribution < 1.29 is 14.3 Å². The van der Waals surface area contributed by atoms with E-state index in [4.69, 9.17) is 17.6 Å². The monoisotopic (exact) mass is 528 g/mol. The van der Waals surface area contributed by atoms with E-state index in [9.17, 15) is 9.59 Å². The van der Waals surface area contributed by atoms with E-state index in [2.05, 4.69) is 28.0 Å². The molecule has 0 bridgehead atoms. The third-order valence-corrected chi connectivity index (χ3v) is 8.02. The van der Waals surface area contributed by atoms with Crippen LogP contribution in [0.4, 0.5) is 5.69 Å². The molecular weight excluding hydrogens is 491 g/mol. The van der Waals surface area contributed by atoms with Gasteiger partial charge in [-0.25, -0.2) is 9.67 Å². The molecule has 0 atom stereocenters. The van der Waals surface area contributed by atoms with Crippen LogP contribution in [0.5, 0.6) is 0 Å². The summed E-state index contributed by atoms with van der Waals surface area (Å²) in [6.07, 6.45) is 5.46. The summed E-state index contributed by atoms with van der Waals surface area (Å²) < 4.78 is 7.46. The molecule has 3 aromatic rings. The molecule has 3 N–H and O–H groups in total. The number of rotatable bonds is 10. The number of anilines is 1. The van der Waals surface area contributed by atoms with Gasteiger partial charge in [0, 0.05) is 50.1 Å². The lowest BCUT2D eigenvalue weighted by atomic mass is 9.89. The van der Waals surface area contributed by atoms with Gasteiger partial charge in [-0.15, -0.1) is 0 Å². The Hall–Kier alpha value is -3.40. The highest BCUT2D eigenvalue weighted by atomic mass is 16.5. The normalized spacial score (nSPS) is 16.7. The molecule has 1 aromatic carbocycles. The van der Waals surface area contributed by atoms with Crippen LogP contribution < -0.4 is 21.4 Å². The smallest absolute Gasteiger partial charge is 0.235 e. The highest BCUT2D eigenvalue weighted by Gasteiger charge is 2.56. The zero-order valence-electron chi connectivity index (χ0n) is 23.1. The molecule has 0 spiro atoms. The number of fused-ring (bicyclic) bond motifs is 1. The Kier molecular flexibility index (Phi) is 7.93. The van der Waals surface area contributed by atoms with E-state index >= 15 is 0 Å². The van der Waals surface area contributed by atoms with Crippen molar-refractivity contribution in [2.75, 3.05) is 18.5 Å². The van der Waals surface area contributed by atoms with Crippen LogP contribution in [-0.2, 0) is 40.4 Å². The van der Waals surface area contributed by atoms with Gasteiger partial charge in [0.2, 0.25) is 11.8 Å². The third-order valence-electron chi connectivity index (χ3n) is 8.02. The second kappa shape index (κ2) is 11.4. The second-order valence-corrected chi connectivity index (χ2v) is 10.6. The van der Waals surface area contributed by atoms with Crippen molar-refractivity contribution in [1.29, 1.82) is 0 Å². The fourth-order valence-electron chi connectivity index (χ4n) is 5.27. The quantitative estimate of drug-likeness (QED) is 0.276. The highest BCUT2D eigenvalue weighted by Crippen LogP contribution is 2.46. The maximum atomic E-state index is 13.4. The number of aromatic nitrogens is 3. The minimum absolute atomic E-state index is 0.242. The average molecular weight is 528 g/mol. The van der Waals surface area contributed by atoms with Crippen LogP contribution in [0.25, 0.3) is 11.0 Å². The van der Waals surface area contributed by atoms with Crippen LogP contribution in [0.15, 0.2) is 24.4 Å². The molecule has 2 fully saturated rings. The van der Waals surface area contributed by atoms with Gasteiger partial charge in [-0.1, -0.05) is 36.1 Å². The first-order valence-corrected chi connectivity index (χ1v) is 14.0. The van der Waals surface area contributed by atoms with Crippen molar-refractivity contribution in [3.63, 3.8) is 0 Å². The first-order valence-electron chi connectivity index (χ1n) is 14.0. The lowest BCUT2D eigenvalue weighted by Crippen LogP contribution is -2.43. The zero-order valence-corrected chi connectivity index (χ0v) is 23.1. The summed E-state index contributed by atoms with van der Waals surface area (Å²) in [6, 6.07) is 6.00. The second-order valence-electron chi connectivity index (χ2n) is 10.6. The van der Waals surface area contributed by atoms with E-state index in [0.717, 1.165) is 71.7 Å². The minimum Gasteiger partial charge on any atom is -0.381 e. The number of carbonyl (C=O) groups is 2. The van der Waals surface area contributed by atoms with Gasteiger partial charge < -0.3 is 20.7 Å². The first-order chi connectivity index (χ1) is 18.9. The largest absolute Gasteiger partial charge is 0.381 e. The van der Waals surface area contributed by atoms with Crippen LogP contribution >= 0.6 is 0 Å². The molecular formula is C29H37BN6O3. The van der Waals surface area contributed by atoms with Gasteiger partial charge in [-0.3, -0.25) is 9.59 Å². The Balaban J connectivity index is 1.34. The third kappa shape index (κ3) is 5.52.